The molecule has 0 aliphatic carbocycles. The summed E-state index contributed by atoms with van der Waals surface area (Å²) in [6, 6.07) is 0.140. The smallest absolute Gasteiger partial charge is 0.161 e. The lowest BCUT2D eigenvalue weighted by Gasteiger charge is -2.28. The van der Waals surface area contributed by atoms with E-state index < -0.39 is 0 Å². The van der Waals surface area contributed by atoms with Gasteiger partial charge in [0.2, 0.25) is 0 Å². The molecule has 0 amide bonds. The molecule has 0 spiro atoms. The molecule has 1 aromatic rings. The minimum atomic E-state index is 0.140. The maximum absolute atomic E-state index is 5.98. The number of likely N-dealkylation sites (N-methyl/N-ethyl adjacent to an activating group) is 1. The molecule has 1 aromatic heterocycles. The third-order valence-electron chi connectivity index (χ3n) is 3.99. The first-order valence-electron chi connectivity index (χ1n) is 7.67. The van der Waals surface area contributed by atoms with Gasteiger partial charge in [-0.25, -0.2) is 0 Å². The second-order valence-electron chi connectivity index (χ2n) is 5.46. The molecule has 114 valence electrons. The SMILES string of the molecule is CCCn1ncc(OC)c1C(NCC)C1OCCC1C. The van der Waals surface area contributed by atoms with Crippen LogP contribution < -0.4 is 10.1 Å². The molecule has 3 unspecified atom stereocenters. The van der Waals surface area contributed by atoms with Crippen molar-refractivity contribution < 1.29 is 9.47 Å². The first-order chi connectivity index (χ1) is 9.72. The van der Waals surface area contributed by atoms with Gasteiger partial charge in [-0.05, 0) is 25.3 Å². The van der Waals surface area contributed by atoms with Crippen LogP contribution in [-0.4, -0.2) is 36.1 Å². The molecule has 0 saturated carbocycles. The van der Waals surface area contributed by atoms with Crippen molar-refractivity contribution >= 4 is 0 Å². The zero-order valence-corrected chi connectivity index (χ0v) is 13.1. The van der Waals surface area contributed by atoms with Gasteiger partial charge in [0.1, 0.15) is 0 Å². The van der Waals surface area contributed by atoms with E-state index >= 15 is 0 Å². The Hall–Kier alpha value is -1.07. The summed E-state index contributed by atoms with van der Waals surface area (Å²) >= 11 is 0. The van der Waals surface area contributed by atoms with Gasteiger partial charge in [-0.1, -0.05) is 20.8 Å². The van der Waals surface area contributed by atoms with Crippen LogP contribution >= 0.6 is 0 Å². The number of hydrogen-bond donors (Lipinski definition) is 1. The Bertz CT molecular complexity index is 419. The highest BCUT2D eigenvalue weighted by Gasteiger charge is 2.36. The van der Waals surface area contributed by atoms with E-state index in [0.29, 0.717) is 5.92 Å². The summed E-state index contributed by atoms with van der Waals surface area (Å²) in [5.74, 6) is 1.40. The highest BCUT2D eigenvalue weighted by atomic mass is 16.5. The Morgan fingerprint density at radius 1 is 1.55 bits per heavy atom. The Morgan fingerprint density at radius 3 is 2.90 bits per heavy atom. The van der Waals surface area contributed by atoms with Gasteiger partial charge < -0.3 is 14.8 Å². The lowest BCUT2D eigenvalue weighted by Crippen LogP contribution is -2.36. The third kappa shape index (κ3) is 2.99. The van der Waals surface area contributed by atoms with Crippen LogP contribution in [0.2, 0.25) is 0 Å². The van der Waals surface area contributed by atoms with E-state index in [1.165, 1.54) is 0 Å². The average molecular weight is 281 g/mol. The molecule has 0 bridgehead atoms. The first-order valence-corrected chi connectivity index (χ1v) is 7.67. The van der Waals surface area contributed by atoms with Crippen LogP contribution in [0.5, 0.6) is 5.75 Å². The number of nitrogens with zero attached hydrogens (tertiary/aromatic N) is 2. The molecule has 5 heteroatoms. The van der Waals surface area contributed by atoms with Crippen LogP contribution in [0.3, 0.4) is 0 Å². The molecule has 20 heavy (non-hydrogen) atoms. The largest absolute Gasteiger partial charge is 0.493 e. The van der Waals surface area contributed by atoms with Crippen molar-refractivity contribution in [3.8, 4) is 5.75 Å². The lowest BCUT2D eigenvalue weighted by atomic mass is 9.95. The van der Waals surface area contributed by atoms with Crippen molar-refractivity contribution in [1.82, 2.24) is 15.1 Å². The molecule has 1 aliphatic rings. The molecular formula is C15H27N3O2. The Kier molecular flexibility index (Phi) is 5.43. The Balaban J connectivity index is 2.34. The number of methoxy groups -OCH3 is 1. The van der Waals surface area contributed by atoms with Gasteiger partial charge in [0.15, 0.2) is 5.75 Å². The van der Waals surface area contributed by atoms with Crippen molar-refractivity contribution in [2.45, 2.75) is 52.3 Å². The normalized spacial score (nSPS) is 24.0. The van der Waals surface area contributed by atoms with Gasteiger partial charge >= 0.3 is 0 Å². The molecule has 2 heterocycles. The maximum Gasteiger partial charge on any atom is 0.161 e. The van der Waals surface area contributed by atoms with Gasteiger partial charge in [0.05, 0.1) is 31.1 Å². The Morgan fingerprint density at radius 2 is 2.35 bits per heavy atom. The van der Waals surface area contributed by atoms with Gasteiger partial charge in [-0.2, -0.15) is 5.10 Å². The molecule has 5 nitrogen and oxygen atoms in total. The summed E-state index contributed by atoms with van der Waals surface area (Å²) in [7, 11) is 1.71. The quantitative estimate of drug-likeness (QED) is 0.833. The molecule has 1 saturated heterocycles. The van der Waals surface area contributed by atoms with Gasteiger partial charge in [0, 0.05) is 13.2 Å². The van der Waals surface area contributed by atoms with Crippen molar-refractivity contribution in [2.75, 3.05) is 20.3 Å². The fourth-order valence-electron chi connectivity index (χ4n) is 2.97. The monoisotopic (exact) mass is 281 g/mol. The Labute approximate surface area is 121 Å². The van der Waals surface area contributed by atoms with Crippen molar-refractivity contribution in [1.29, 1.82) is 0 Å². The zero-order chi connectivity index (χ0) is 14.5. The fourth-order valence-corrected chi connectivity index (χ4v) is 2.97. The summed E-state index contributed by atoms with van der Waals surface area (Å²) in [6.45, 7) is 9.20. The predicted molar refractivity (Wildman–Crippen MR) is 79.0 cm³/mol. The highest BCUT2D eigenvalue weighted by molar-refractivity contribution is 5.29. The number of aromatic nitrogens is 2. The summed E-state index contributed by atoms with van der Waals surface area (Å²) in [4.78, 5) is 0. The van der Waals surface area contributed by atoms with Gasteiger partial charge in [-0.15, -0.1) is 0 Å². The molecule has 0 radical (unpaired) electrons. The number of rotatable bonds is 7. The third-order valence-corrected chi connectivity index (χ3v) is 3.99. The maximum atomic E-state index is 5.98. The van der Waals surface area contributed by atoms with Gasteiger partial charge in [-0.3, -0.25) is 4.68 Å². The number of hydrogen-bond acceptors (Lipinski definition) is 4. The van der Waals surface area contributed by atoms with E-state index in [1.807, 2.05) is 6.20 Å². The molecule has 2 rings (SSSR count). The van der Waals surface area contributed by atoms with Gasteiger partial charge in [0.25, 0.3) is 0 Å². The fraction of sp³-hybridized carbons (Fsp3) is 0.800. The second kappa shape index (κ2) is 7.09. The first kappa shape index (κ1) is 15.3. The predicted octanol–water partition coefficient (Wildman–Crippen LogP) is 2.38. The molecule has 1 N–H and O–H groups in total. The minimum absolute atomic E-state index is 0.140. The number of aryl methyl sites for hydroxylation is 1. The van der Waals surface area contributed by atoms with Crippen LogP contribution in [0, 0.1) is 5.92 Å². The zero-order valence-electron chi connectivity index (χ0n) is 13.1. The van der Waals surface area contributed by atoms with Crippen LogP contribution in [0.1, 0.15) is 45.3 Å². The van der Waals surface area contributed by atoms with E-state index in [-0.39, 0.29) is 12.1 Å². The molecular weight excluding hydrogens is 254 g/mol. The van der Waals surface area contributed by atoms with Crippen LogP contribution in [0.25, 0.3) is 0 Å². The number of nitrogens with one attached hydrogen (secondary N) is 1. The van der Waals surface area contributed by atoms with Crippen molar-refractivity contribution in [3.63, 3.8) is 0 Å². The topological polar surface area (TPSA) is 48.3 Å². The molecule has 0 aromatic carbocycles. The second-order valence-corrected chi connectivity index (χ2v) is 5.46. The summed E-state index contributed by atoms with van der Waals surface area (Å²) < 4.78 is 13.5. The summed E-state index contributed by atoms with van der Waals surface area (Å²) in [5.41, 5.74) is 1.12. The standard InChI is InChI=1S/C15H27N3O2/c1-5-8-18-14(12(19-4)10-17-18)13(16-6-2)15-11(3)7-9-20-15/h10-11,13,15-16H,5-9H2,1-4H3. The molecule has 1 aliphatic heterocycles. The van der Waals surface area contributed by atoms with Crippen LogP contribution in [0.15, 0.2) is 6.20 Å². The van der Waals surface area contributed by atoms with E-state index in [4.69, 9.17) is 9.47 Å². The highest BCUT2D eigenvalue weighted by Crippen LogP contribution is 2.35. The lowest BCUT2D eigenvalue weighted by molar-refractivity contribution is 0.0575. The average Bonchev–Trinajstić information content (AvgIpc) is 3.03. The van der Waals surface area contributed by atoms with E-state index in [2.05, 4.69) is 35.9 Å². The van der Waals surface area contributed by atoms with Crippen molar-refractivity contribution in [3.05, 3.63) is 11.9 Å². The summed E-state index contributed by atoms with van der Waals surface area (Å²) in [6.07, 6.45) is 4.18. The van der Waals surface area contributed by atoms with Crippen LogP contribution in [0.4, 0.5) is 0 Å². The van der Waals surface area contributed by atoms with E-state index in [1.54, 1.807) is 7.11 Å². The molecule has 3 atom stereocenters. The van der Waals surface area contributed by atoms with E-state index in [0.717, 1.165) is 44.0 Å². The number of ether oxygens (including phenoxy) is 2. The van der Waals surface area contributed by atoms with Crippen LogP contribution in [-0.2, 0) is 11.3 Å². The molecule has 1 fully saturated rings. The summed E-state index contributed by atoms with van der Waals surface area (Å²) in [5, 5.41) is 8.04. The van der Waals surface area contributed by atoms with E-state index in [9.17, 15) is 0 Å². The van der Waals surface area contributed by atoms with Crippen molar-refractivity contribution in [2.24, 2.45) is 5.92 Å². The minimum Gasteiger partial charge on any atom is -0.493 e.